The number of amides is 1. The van der Waals surface area contributed by atoms with Gasteiger partial charge in [0.15, 0.2) is 0 Å². The first-order valence-electron chi connectivity index (χ1n) is 6.51. The van der Waals surface area contributed by atoms with Crippen molar-refractivity contribution in [1.82, 2.24) is 9.55 Å². The molecule has 1 unspecified atom stereocenters. The van der Waals surface area contributed by atoms with E-state index in [1.807, 2.05) is 11.5 Å². The summed E-state index contributed by atoms with van der Waals surface area (Å²) in [7, 11) is 0. The number of nitrogen functional groups attached to an aromatic ring is 1. The number of hydrogen-bond donors (Lipinski definition) is 2. The number of aryl methyl sites for hydroxylation is 1. The fraction of sp³-hybridized carbons (Fsp3) is 0.286. The highest BCUT2D eigenvalue weighted by Crippen LogP contribution is 2.33. The largest absolute Gasteiger partial charge is 0.399 e. The van der Waals surface area contributed by atoms with E-state index >= 15 is 0 Å². The quantitative estimate of drug-likeness (QED) is 0.844. The minimum Gasteiger partial charge on any atom is -0.399 e. The number of anilines is 2. The molecular formula is C14H16Cl2N4O. The number of carbonyl (C=O) groups is 1. The maximum absolute atomic E-state index is 12.4. The minimum atomic E-state index is -0.424. The van der Waals surface area contributed by atoms with Crippen molar-refractivity contribution >= 4 is 40.5 Å². The fourth-order valence-electron chi connectivity index (χ4n) is 2.04. The summed E-state index contributed by atoms with van der Waals surface area (Å²) < 4.78 is 1.81. The number of rotatable bonds is 4. The molecule has 0 aliphatic carbocycles. The highest BCUT2D eigenvalue weighted by atomic mass is 35.5. The lowest BCUT2D eigenvalue weighted by molar-refractivity contribution is -0.118. The highest BCUT2D eigenvalue weighted by Gasteiger charge is 2.19. The van der Waals surface area contributed by atoms with Crippen molar-refractivity contribution in [3.63, 3.8) is 0 Å². The minimum absolute atomic E-state index is 0.226. The van der Waals surface area contributed by atoms with Crippen molar-refractivity contribution in [2.45, 2.75) is 26.3 Å². The Balaban J connectivity index is 2.22. The number of nitrogens with two attached hydrogens (primary N) is 1. The molecule has 2 aromatic rings. The average molecular weight is 327 g/mol. The molecule has 0 fully saturated rings. The second-order valence-corrected chi connectivity index (χ2v) is 5.44. The third-order valence-electron chi connectivity index (χ3n) is 3.17. The molecule has 0 saturated carbocycles. The van der Waals surface area contributed by atoms with Crippen LogP contribution in [0.3, 0.4) is 0 Å². The number of nitrogens with one attached hydrogen (secondary N) is 1. The number of nitrogens with zero attached hydrogens (tertiary/aromatic N) is 2. The predicted molar refractivity (Wildman–Crippen MR) is 85.8 cm³/mol. The lowest BCUT2D eigenvalue weighted by atomic mass is 10.2. The van der Waals surface area contributed by atoms with Crippen molar-refractivity contribution in [3.05, 3.63) is 40.4 Å². The smallest absolute Gasteiger partial charge is 0.247 e. The van der Waals surface area contributed by atoms with Crippen molar-refractivity contribution in [1.29, 1.82) is 0 Å². The molecule has 112 valence electrons. The molecule has 5 nitrogen and oxygen atoms in total. The molecule has 3 N–H and O–H groups in total. The molecule has 2 rings (SSSR count). The summed E-state index contributed by atoms with van der Waals surface area (Å²) in [5, 5.41) is 3.35. The summed E-state index contributed by atoms with van der Waals surface area (Å²) in [6.07, 6.45) is 4.19. The molecule has 1 heterocycles. The lowest BCUT2D eigenvalue weighted by Crippen LogP contribution is -2.24. The van der Waals surface area contributed by atoms with Crippen LogP contribution >= 0.6 is 23.2 Å². The SMILES string of the molecule is CCc1nccn1C(C)C(=O)Nc1c(Cl)cc(N)cc1Cl. The third-order valence-corrected chi connectivity index (χ3v) is 3.77. The summed E-state index contributed by atoms with van der Waals surface area (Å²) in [5.41, 5.74) is 6.45. The lowest BCUT2D eigenvalue weighted by Gasteiger charge is -2.17. The van der Waals surface area contributed by atoms with E-state index in [9.17, 15) is 4.79 Å². The highest BCUT2D eigenvalue weighted by molar-refractivity contribution is 6.40. The van der Waals surface area contributed by atoms with Gasteiger partial charge in [-0.05, 0) is 19.1 Å². The van der Waals surface area contributed by atoms with Gasteiger partial charge in [-0.1, -0.05) is 30.1 Å². The Kier molecular flexibility index (Phi) is 4.75. The zero-order valence-corrected chi connectivity index (χ0v) is 13.2. The maximum atomic E-state index is 12.4. The van der Waals surface area contributed by atoms with Crippen LogP contribution in [0.2, 0.25) is 10.0 Å². The van der Waals surface area contributed by atoms with Gasteiger partial charge in [-0.2, -0.15) is 0 Å². The zero-order chi connectivity index (χ0) is 15.6. The normalized spacial score (nSPS) is 12.2. The summed E-state index contributed by atoms with van der Waals surface area (Å²) in [4.78, 5) is 16.6. The molecule has 1 aromatic carbocycles. The Labute approximate surface area is 133 Å². The van der Waals surface area contributed by atoms with Crippen LogP contribution in [0.25, 0.3) is 0 Å². The predicted octanol–water partition coefficient (Wildman–Crippen LogP) is 3.53. The van der Waals surface area contributed by atoms with Crippen molar-refractivity contribution in [2.75, 3.05) is 11.1 Å². The van der Waals surface area contributed by atoms with Gasteiger partial charge in [0, 0.05) is 24.5 Å². The molecule has 1 amide bonds. The van der Waals surface area contributed by atoms with Gasteiger partial charge in [-0.15, -0.1) is 0 Å². The molecule has 0 bridgehead atoms. The van der Waals surface area contributed by atoms with Crippen LogP contribution in [0.4, 0.5) is 11.4 Å². The summed E-state index contributed by atoms with van der Waals surface area (Å²) in [5.74, 6) is 0.614. The first-order valence-corrected chi connectivity index (χ1v) is 7.26. The molecule has 1 atom stereocenters. The molecule has 1 aromatic heterocycles. The Morgan fingerprint density at radius 2 is 2.05 bits per heavy atom. The summed E-state index contributed by atoms with van der Waals surface area (Å²) in [6, 6.07) is 2.66. The average Bonchev–Trinajstić information content (AvgIpc) is 2.89. The maximum Gasteiger partial charge on any atom is 0.247 e. The van der Waals surface area contributed by atoms with Gasteiger partial charge in [-0.3, -0.25) is 4.79 Å². The van der Waals surface area contributed by atoms with Crippen molar-refractivity contribution in [2.24, 2.45) is 0 Å². The fourth-order valence-corrected chi connectivity index (χ4v) is 2.63. The Hall–Kier alpha value is -1.72. The molecular weight excluding hydrogens is 311 g/mol. The second-order valence-electron chi connectivity index (χ2n) is 4.63. The van der Waals surface area contributed by atoms with E-state index in [0.717, 1.165) is 12.2 Å². The van der Waals surface area contributed by atoms with Gasteiger partial charge in [0.05, 0.1) is 15.7 Å². The van der Waals surface area contributed by atoms with Crippen LogP contribution in [-0.2, 0) is 11.2 Å². The van der Waals surface area contributed by atoms with E-state index in [-0.39, 0.29) is 5.91 Å². The second kappa shape index (κ2) is 6.37. The van der Waals surface area contributed by atoms with E-state index in [1.54, 1.807) is 31.5 Å². The van der Waals surface area contributed by atoms with Gasteiger partial charge in [0.25, 0.3) is 0 Å². The first-order chi connectivity index (χ1) is 9.93. The Morgan fingerprint density at radius 3 is 2.62 bits per heavy atom. The van der Waals surface area contributed by atoms with E-state index in [1.165, 1.54) is 0 Å². The molecule has 0 aliphatic rings. The van der Waals surface area contributed by atoms with Crippen molar-refractivity contribution < 1.29 is 4.79 Å². The van der Waals surface area contributed by atoms with E-state index < -0.39 is 6.04 Å². The van der Waals surface area contributed by atoms with E-state index in [2.05, 4.69) is 10.3 Å². The van der Waals surface area contributed by atoms with Crippen LogP contribution in [0.15, 0.2) is 24.5 Å². The number of carbonyl (C=O) groups excluding carboxylic acids is 1. The Morgan fingerprint density at radius 1 is 1.43 bits per heavy atom. The van der Waals surface area contributed by atoms with Crippen molar-refractivity contribution in [3.8, 4) is 0 Å². The standard InChI is InChI=1S/C14H16Cl2N4O/c1-3-12-18-4-5-20(12)8(2)14(21)19-13-10(15)6-9(17)7-11(13)16/h4-8H,3,17H2,1-2H3,(H,19,21). The van der Waals surface area contributed by atoms with E-state index in [0.29, 0.717) is 21.4 Å². The van der Waals surface area contributed by atoms with Gasteiger partial charge >= 0.3 is 0 Å². The molecule has 0 aliphatic heterocycles. The molecule has 0 spiro atoms. The zero-order valence-electron chi connectivity index (χ0n) is 11.7. The molecule has 0 radical (unpaired) electrons. The molecule has 0 saturated heterocycles. The van der Waals surface area contributed by atoms with Crippen LogP contribution in [0, 0.1) is 0 Å². The molecule has 21 heavy (non-hydrogen) atoms. The number of halogens is 2. The van der Waals surface area contributed by atoms with Crippen LogP contribution in [-0.4, -0.2) is 15.5 Å². The number of imidazole rings is 1. The summed E-state index contributed by atoms with van der Waals surface area (Å²) >= 11 is 12.1. The number of hydrogen-bond acceptors (Lipinski definition) is 3. The monoisotopic (exact) mass is 326 g/mol. The van der Waals surface area contributed by atoms with E-state index in [4.69, 9.17) is 28.9 Å². The Bertz CT molecular complexity index is 646. The van der Waals surface area contributed by atoms with Crippen LogP contribution in [0.1, 0.15) is 25.7 Å². The summed E-state index contributed by atoms with van der Waals surface area (Å²) in [6.45, 7) is 3.77. The third kappa shape index (κ3) is 3.31. The van der Waals surface area contributed by atoms with Gasteiger partial charge < -0.3 is 15.6 Å². The van der Waals surface area contributed by atoms with Gasteiger partial charge in [-0.25, -0.2) is 4.98 Å². The number of benzene rings is 1. The van der Waals surface area contributed by atoms with Gasteiger partial charge in [0.1, 0.15) is 11.9 Å². The first kappa shape index (κ1) is 15.7. The van der Waals surface area contributed by atoms with Crippen LogP contribution in [0.5, 0.6) is 0 Å². The molecule has 7 heteroatoms. The number of aromatic nitrogens is 2. The topological polar surface area (TPSA) is 72.9 Å². The van der Waals surface area contributed by atoms with Gasteiger partial charge in [0.2, 0.25) is 5.91 Å². The van der Waals surface area contributed by atoms with Crippen LogP contribution < -0.4 is 11.1 Å².